The molecule has 1 N–H and O–H groups in total. The fourth-order valence-electron chi connectivity index (χ4n) is 3.73. The minimum Gasteiger partial charge on any atom is -0.377 e. The molecule has 1 aliphatic heterocycles. The van der Waals surface area contributed by atoms with Crippen LogP contribution in [0.25, 0.3) is 11.4 Å². The summed E-state index contributed by atoms with van der Waals surface area (Å²) in [5.74, 6) is -2.05. The van der Waals surface area contributed by atoms with E-state index in [1.807, 2.05) is 30.3 Å². The SMILES string of the molecule is O=C(NCC1COCCN1C(=O)CCc1ccccc1)c1ccc(-c2noc(C(F)(F)F)n2)cc1. The van der Waals surface area contributed by atoms with E-state index in [4.69, 9.17) is 4.74 Å². The molecule has 1 aliphatic rings. The number of benzene rings is 2. The number of carbonyl (C=O) groups excluding carboxylic acids is 2. The summed E-state index contributed by atoms with van der Waals surface area (Å²) in [7, 11) is 0. The smallest absolute Gasteiger partial charge is 0.377 e. The second-order valence-corrected chi connectivity index (χ2v) is 8.01. The number of aryl methyl sites for hydroxylation is 1. The van der Waals surface area contributed by atoms with Gasteiger partial charge in [0, 0.05) is 30.6 Å². The molecule has 1 aromatic heterocycles. The fraction of sp³-hybridized carbons (Fsp3) is 0.333. The third kappa shape index (κ3) is 6.24. The van der Waals surface area contributed by atoms with E-state index < -0.39 is 12.1 Å². The Morgan fingerprint density at radius 3 is 2.51 bits per heavy atom. The number of alkyl halides is 3. The molecule has 35 heavy (non-hydrogen) atoms. The van der Waals surface area contributed by atoms with Crippen LogP contribution in [-0.2, 0) is 22.1 Å². The molecule has 0 radical (unpaired) electrons. The van der Waals surface area contributed by atoms with Crippen LogP contribution in [-0.4, -0.2) is 59.2 Å². The molecule has 4 rings (SSSR count). The van der Waals surface area contributed by atoms with Gasteiger partial charge in [0.1, 0.15) is 0 Å². The van der Waals surface area contributed by atoms with Crippen LogP contribution >= 0.6 is 0 Å². The molecule has 0 aliphatic carbocycles. The first-order chi connectivity index (χ1) is 16.8. The van der Waals surface area contributed by atoms with Gasteiger partial charge in [-0.05, 0) is 24.1 Å². The highest BCUT2D eigenvalue weighted by Gasteiger charge is 2.38. The van der Waals surface area contributed by atoms with Crippen molar-refractivity contribution in [3.8, 4) is 11.4 Å². The standard InChI is InChI=1S/C24H23F3N4O4/c25-24(26,27)23-29-21(30-35-23)17-7-9-18(10-8-17)22(33)28-14-19-15-34-13-12-31(19)20(32)11-6-16-4-2-1-3-5-16/h1-5,7-10,19H,6,11-15H2,(H,28,33). The van der Waals surface area contributed by atoms with Crippen molar-refractivity contribution < 1.29 is 32.0 Å². The quantitative estimate of drug-likeness (QED) is 0.548. The van der Waals surface area contributed by atoms with Crippen LogP contribution in [0.3, 0.4) is 0 Å². The van der Waals surface area contributed by atoms with Gasteiger partial charge in [0.15, 0.2) is 0 Å². The summed E-state index contributed by atoms with van der Waals surface area (Å²) in [6.07, 6.45) is -3.74. The molecule has 2 heterocycles. The van der Waals surface area contributed by atoms with Gasteiger partial charge in [-0.15, -0.1) is 0 Å². The Kier molecular flexibility index (Phi) is 7.45. The molecule has 3 aromatic rings. The van der Waals surface area contributed by atoms with E-state index in [1.165, 1.54) is 24.3 Å². The van der Waals surface area contributed by atoms with Crippen molar-refractivity contribution in [2.45, 2.75) is 25.1 Å². The van der Waals surface area contributed by atoms with Crippen LogP contribution in [0, 0.1) is 0 Å². The highest BCUT2D eigenvalue weighted by atomic mass is 19.4. The Bertz CT molecular complexity index is 1150. The lowest BCUT2D eigenvalue weighted by atomic mass is 10.1. The van der Waals surface area contributed by atoms with E-state index in [-0.39, 0.29) is 35.8 Å². The molecule has 0 spiro atoms. The molecule has 1 fully saturated rings. The molecule has 0 bridgehead atoms. The van der Waals surface area contributed by atoms with Crippen molar-refractivity contribution >= 4 is 11.8 Å². The van der Waals surface area contributed by atoms with Gasteiger partial charge in [-0.25, -0.2) is 0 Å². The Balaban J connectivity index is 1.32. The van der Waals surface area contributed by atoms with Gasteiger partial charge in [-0.2, -0.15) is 18.2 Å². The van der Waals surface area contributed by atoms with Crippen LogP contribution in [0.1, 0.15) is 28.2 Å². The van der Waals surface area contributed by atoms with E-state index >= 15 is 0 Å². The zero-order valence-corrected chi connectivity index (χ0v) is 18.6. The lowest BCUT2D eigenvalue weighted by Gasteiger charge is -2.35. The Hall–Kier alpha value is -3.73. The summed E-state index contributed by atoms with van der Waals surface area (Å²) in [5, 5.41) is 6.13. The largest absolute Gasteiger partial charge is 0.471 e. The van der Waals surface area contributed by atoms with Gasteiger partial charge in [-0.1, -0.05) is 47.6 Å². The van der Waals surface area contributed by atoms with Crippen LogP contribution in [0.2, 0.25) is 0 Å². The van der Waals surface area contributed by atoms with Crippen molar-refractivity contribution in [2.75, 3.05) is 26.3 Å². The van der Waals surface area contributed by atoms with E-state index in [0.29, 0.717) is 38.2 Å². The minimum absolute atomic E-state index is 0.000840. The normalized spacial score (nSPS) is 16.2. The lowest BCUT2D eigenvalue weighted by molar-refractivity contribution is -0.159. The minimum atomic E-state index is -4.73. The summed E-state index contributed by atoms with van der Waals surface area (Å²) in [5.41, 5.74) is 1.65. The highest BCUT2D eigenvalue weighted by Crippen LogP contribution is 2.29. The molecule has 1 atom stereocenters. The molecule has 184 valence electrons. The van der Waals surface area contributed by atoms with Crippen molar-refractivity contribution in [1.29, 1.82) is 0 Å². The zero-order chi connectivity index (χ0) is 24.8. The molecule has 0 saturated carbocycles. The third-order valence-corrected chi connectivity index (χ3v) is 5.59. The second-order valence-electron chi connectivity index (χ2n) is 8.01. The second kappa shape index (κ2) is 10.7. The molecule has 2 aromatic carbocycles. The predicted octanol–water partition coefficient (Wildman–Crippen LogP) is 3.35. The molecular formula is C24H23F3N4O4. The Morgan fingerprint density at radius 1 is 1.09 bits per heavy atom. The first-order valence-electron chi connectivity index (χ1n) is 11.0. The number of aromatic nitrogens is 2. The summed E-state index contributed by atoms with van der Waals surface area (Å²) in [6, 6.07) is 15.2. The summed E-state index contributed by atoms with van der Waals surface area (Å²) in [4.78, 5) is 30.5. The van der Waals surface area contributed by atoms with E-state index in [2.05, 4.69) is 20.0 Å². The monoisotopic (exact) mass is 488 g/mol. The number of rotatable bonds is 7. The maximum Gasteiger partial charge on any atom is 0.471 e. The van der Waals surface area contributed by atoms with Crippen LogP contribution in [0.15, 0.2) is 59.1 Å². The zero-order valence-electron chi connectivity index (χ0n) is 18.6. The first kappa shape index (κ1) is 24.4. The van der Waals surface area contributed by atoms with Crippen molar-refractivity contribution in [3.63, 3.8) is 0 Å². The topological polar surface area (TPSA) is 97.6 Å². The number of hydrogen-bond donors (Lipinski definition) is 1. The van der Waals surface area contributed by atoms with Gasteiger partial charge >= 0.3 is 12.1 Å². The molecule has 11 heteroatoms. The lowest BCUT2D eigenvalue weighted by Crippen LogP contribution is -2.53. The molecule has 2 amide bonds. The molecule has 8 nitrogen and oxygen atoms in total. The number of nitrogens with one attached hydrogen (secondary N) is 1. The number of amides is 2. The Morgan fingerprint density at radius 2 is 1.83 bits per heavy atom. The fourth-order valence-corrected chi connectivity index (χ4v) is 3.73. The average molecular weight is 488 g/mol. The van der Waals surface area contributed by atoms with Gasteiger partial charge in [0.2, 0.25) is 11.7 Å². The summed E-state index contributed by atoms with van der Waals surface area (Å²) < 4.78 is 47.7. The maximum absolute atomic E-state index is 12.8. The van der Waals surface area contributed by atoms with Gasteiger partial charge < -0.3 is 19.5 Å². The van der Waals surface area contributed by atoms with Crippen molar-refractivity contribution in [1.82, 2.24) is 20.4 Å². The number of nitrogens with zero attached hydrogens (tertiary/aromatic N) is 3. The number of carbonyl (C=O) groups is 2. The van der Waals surface area contributed by atoms with Crippen molar-refractivity contribution in [3.05, 3.63) is 71.6 Å². The maximum atomic E-state index is 12.8. The average Bonchev–Trinajstić information content (AvgIpc) is 3.38. The first-order valence-corrected chi connectivity index (χ1v) is 11.0. The van der Waals surface area contributed by atoms with Gasteiger partial charge in [0.05, 0.1) is 19.3 Å². The number of halogens is 3. The van der Waals surface area contributed by atoms with Crippen LogP contribution in [0.5, 0.6) is 0 Å². The van der Waals surface area contributed by atoms with E-state index in [9.17, 15) is 22.8 Å². The van der Waals surface area contributed by atoms with Crippen LogP contribution in [0.4, 0.5) is 13.2 Å². The third-order valence-electron chi connectivity index (χ3n) is 5.59. The summed E-state index contributed by atoms with van der Waals surface area (Å²) in [6.45, 7) is 1.41. The van der Waals surface area contributed by atoms with E-state index in [0.717, 1.165) is 5.56 Å². The molecular weight excluding hydrogens is 465 g/mol. The van der Waals surface area contributed by atoms with E-state index in [1.54, 1.807) is 4.90 Å². The highest BCUT2D eigenvalue weighted by molar-refractivity contribution is 5.94. The van der Waals surface area contributed by atoms with Crippen molar-refractivity contribution in [2.24, 2.45) is 0 Å². The van der Waals surface area contributed by atoms with Crippen LogP contribution < -0.4 is 5.32 Å². The molecule has 1 unspecified atom stereocenters. The number of morpholine rings is 1. The van der Waals surface area contributed by atoms with Gasteiger partial charge in [-0.3, -0.25) is 9.59 Å². The molecule has 1 saturated heterocycles. The Labute approximate surface area is 199 Å². The summed E-state index contributed by atoms with van der Waals surface area (Å²) >= 11 is 0. The predicted molar refractivity (Wildman–Crippen MR) is 118 cm³/mol. The number of hydrogen-bond acceptors (Lipinski definition) is 6. The van der Waals surface area contributed by atoms with Gasteiger partial charge in [0.25, 0.3) is 5.91 Å². The number of ether oxygens (including phenoxy) is 1.